The van der Waals surface area contributed by atoms with Gasteiger partial charge in [0.1, 0.15) is 0 Å². The van der Waals surface area contributed by atoms with E-state index in [1.54, 1.807) is 0 Å². The van der Waals surface area contributed by atoms with E-state index in [1.165, 1.54) is 6.42 Å². The Morgan fingerprint density at radius 3 is 3.00 bits per heavy atom. The van der Waals surface area contributed by atoms with E-state index in [1.807, 2.05) is 11.8 Å². The molecule has 0 amide bonds. The molecule has 0 saturated carbocycles. The highest BCUT2D eigenvalue weighted by molar-refractivity contribution is 8.00. The molecule has 0 aliphatic carbocycles. The van der Waals surface area contributed by atoms with E-state index in [9.17, 15) is 5.11 Å². The zero-order valence-electron chi connectivity index (χ0n) is 9.37. The zero-order valence-corrected chi connectivity index (χ0v) is 10.2. The summed E-state index contributed by atoms with van der Waals surface area (Å²) in [6.07, 6.45) is 3.79. The van der Waals surface area contributed by atoms with E-state index < -0.39 is 0 Å². The minimum Gasteiger partial charge on any atom is -0.394 e. The molecule has 3 unspecified atom stereocenters. The third-order valence-electron chi connectivity index (χ3n) is 3.35. The van der Waals surface area contributed by atoms with Gasteiger partial charge in [-0.25, -0.2) is 0 Å². The third kappa shape index (κ3) is 2.87. The van der Waals surface area contributed by atoms with Crippen molar-refractivity contribution in [3.05, 3.63) is 0 Å². The maximum atomic E-state index is 9.49. The van der Waals surface area contributed by atoms with Crippen molar-refractivity contribution in [1.29, 1.82) is 0 Å². The normalized spacial score (nSPS) is 41.2. The van der Waals surface area contributed by atoms with Crippen molar-refractivity contribution >= 4 is 11.8 Å². The molecule has 0 spiro atoms. The number of thioether (sulfide) groups is 1. The Bertz CT molecular complexity index is 209. The predicted molar refractivity (Wildman–Crippen MR) is 63.3 cm³/mol. The molecule has 0 aromatic heterocycles. The van der Waals surface area contributed by atoms with E-state index >= 15 is 0 Å². The first-order chi connectivity index (χ1) is 7.24. The summed E-state index contributed by atoms with van der Waals surface area (Å²) in [5.41, 5.74) is -0.0456. The quantitative estimate of drug-likeness (QED) is 0.758. The highest BCUT2D eigenvalue weighted by Crippen LogP contribution is 2.34. The molecular formula is C11H21NO2S. The fourth-order valence-electron chi connectivity index (χ4n) is 2.39. The molecule has 2 heterocycles. The summed E-state index contributed by atoms with van der Waals surface area (Å²) < 4.78 is 5.58. The number of aliphatic hydroxyl groups excluding tert-OH is 1. The molecule has 2 aliphatic rings. The third-order valence-corrected chi connectivity index (χ3v) is 4.81. The van der Waals surface area contributed by atoms with Crippen molar-refractivity contribution in [3.8, 4) is 0 Å². The highest BCUT2D eigenvalue weighted by atomic mass is 32.2. The lowest BCUT2D eigenvalue weighted by molar-refractivity contribution is 0.0919. The number of aliphatic hydroxyl groups is 1. The summed E-state index contributed by atoms with van der Waals surface area (Å²) in [6.45, 7) is 4.28. The molecule has 3 nitrogen and oxygen atoms in total. The molecule has 0 radical (unpaired) electrons. The SMILES string of the molecule is CC1CC(CO)(NCC2CCCO2)CS1. The average molecular weight is 231 g/mol. The Morgan fingerprint density at radius 2 is 2.47 bits per heavy atom. The summed E-state index contributed by atoms with van der Waals surface area (Å²) in [5, 5.41) is 13.7. The van der Waals surface area contributed by atoms with Crippen molar-refractivity contribution in [2.24, 2.45) is 0 Å². The van der Waals surface area contributed by atoms with E-state index in [2.05, 4.69) is 12.2 Å². The number of hydrogen-bond acceptors (Lipinski definition) is 4. The Morgan fingerprint density at radius 1 is 1.60 bits per heavy atom. The predicted octanol–water partition coefficient (Wildman–Crippen LogP) is 1.01. The van der Waals surface area contributed by atoms with Gasteiger partial charge >= 0.3 is 0 Å². The fraction of sp³-hybridized carbons (Fsp3) is 1.00. The van der Waals surface area contributed by atoms with Crippen LogP contribution in [0.5, 0.6) is 0 Å². The number of hydrogen-bond donors (Lipinski definition) is 2. The van der Waals surface area contributed by atoms with Crippen LogP contribution in [0.2, 0.25) is 0 Å². The van der Waals surface area contributed by atoms with Crippen LogP contribution in [0.4, 0.5) is 0 Å². The van der Waals surface area contributed by atoms with Crippen LogP contribution in [0.15, 0.2) is 0 Å². The molecule has 2 N–H and O–H groups in total. The van der Waals surface area contributed by atoms with Gasteiger partial charge in [-0.15, -0.1) is 0 Å². The fourth-order valence-corrected chi connectivity index (χ4v) is 3.75. The smallest absolute Gasteiger partial charge is 0.0700 e. The molecule has 0 aromatic carbocycles. The molecule has 15 heavy (non-hydrogen) atoms. The molecule has 0 bridgehead atoms. The molecule has 88 valence electrons. The van der Waals surface area contributed by atoms with Crippen molar-refractivity contribution < 1.29 is 9.84 Å². The second kappa shape index (κ2) is 5.04. The van der Waals surface area contributed by atoms with Crippen LogP contribution in [0.3, 0.4) is 0 Å². The summed E-state index contributed by atoms with van der Waals surface area (Å²) in [6, 6.07) is 0. The van der Waals surface area contributed by atoms with Crippen LogP contribution in [0.1, 0.15) is 26.2 Å². The molecule has 2 rings (SSSR count). The van der Waals surface area contributed by atoms with Gasteiger partial charge in [-0.2, -0.15) is 11.8 Å². The van der Waals surface area contributed by atoms with Gasteiger partial charge in [0.05, 0.1) is 18.2 Å². The van der Waals surface area contributed by atoms with E-state index in [4.69, 9.17) is 4.74 Å². The average Bonchev–Trinajstić information content (AvgIpc) is 2.85. The van der Waals surface area contributed by atoms with Gasteiger partial charge in [-0.05, 0) is 19.3 Å². The van der Waals surface area contributed by atoms with Crippen LogP contribution in [-0.4, -0.2) is 47.5 Å². The molecule has 2 fully saturated rings. The van der Waals surface area contributed by atoms with Gasteiger partial charge in [0.2, 0.25) is 0 Å². The second-order valence-corrected chi connectivity index (χ2v) is 6.21. The van der Waals surface area contributed by atoms with E-state index in [0.717, 1.165) is 31.7 Å². The van der Waals surface area contributed by atoms with Crippen molar-refractivity contribution in [2.75, 3.05) is 25.5 Å². The summed E-state index contributed by atoms with van der Waals surface area (Å²) in [5.74, 6) is 1.03. The number of nitrogens with one attached hydrogen (secondary N) is 1. The zero-order chi connectivity index (χ0) is 10.7. The van der Waals surface area contributed by atoms with Crippen LogP contribution >= 0.6 is 11.8 Å². The maximum absolute atomic E-state index is 9.49. The molecule has 4 heteroatoms. The molecule has 0 aromatic rings. The minimum absolute atomic E-state index is 0.0456. The van der Waals surface area contributed by atoms with Crippen LogP contribution in [0, 0.1) is 0 Å². The Balaban J connectivity index is 1.80. The summed E-state index contributed by atoms with van der Waals surface area (Å²) >= 11 is 1.95. The number of rotatable bonds is 4. The van der Waals surface area contributed by atoms with Gasteiger partial charge in [0, 0.05) is 24.2 Å². The van der Waals surface area contributed by atoms with Crippen molar-refractivity contribution in [3.63, 3.8) is 0 Å². The topological polar surface area (TPSA) is 41.5 Å². The van der Waals surface area contributed by atoms with E-state index in [0.29, 0.717) is 11.4 Å². The Hall–Kier alpha value is 0.230. The maximum Gasteiger partial charge on any atom is 0.0700 e. The summed E-state index contributed by atoms with van der Waals surface area (Å²) in [7, 11) is 0. The first kappa shape index (κ1) is 11.7. The van der Waals surface area contributed by atoms with Gasteiger partial charge in [-0.3, -0.25) is 0 Å². The number of ether oxygens (including phenoxy) is 1. The summed E-state index contributed by atoms with van der Waals surface area (Å²) in [4.78, 5) is 0. The Kier molecular flexibility index (Phi) is 3.93. The lowest BCUT2D eigenvalue weighted by Crippen LogP contribution is -2.51. The molecule has 2 saturated heterocycles. The van der Waals surface area contributed by atoms with Gasteiger partial charge in [0.15, 0.2) is 0 Å². The lowest BCUT2D eigenvalue weighted by Gasteiger charge is -2.29. The Labute approximate surface area is 96.0 Å². The first-order valence-electron chi connectivity index (χ1n) is 5.83. The van der Waals surface area contributed by atoms with Crippen molar-refractivity contribution in [1.82, 2.24) is 5.32 Å². The van der Waals surface area contributed by atoms with Gasteiger partial charge < -0.3 is 15.2 Å². The largest absolute Gasteiger partial charge is 0.394 e. The standard InChI is InChI=1S/C11H21NO2S/c1-9-5-11(7-13,8-15-9)12-6-10-3-2-4-14-10/h9-10,12-13H,2-8H2,1H3. The van der Waals surface area contributed by atoms with Gasteiger partial charge in [-0.1, -0.05) is 6.92 Å². The highest BCUT2D eigenvalue weighted by Gasteiger charge is 2.37. The van der Waals surface area contributed by atoms with E-state index in [-0.39, 0.29) is 12.1 Å². The van der Waals surface area contributed by atoms with Crippen LogP contribution < -0.4 is 5.32 Å². The molecular weight excluding hydrogens is 210 g/mol. The van der Waals surface area contributed by atoms with Crippen LogP contribution in [-0.2, 0) is 4.74 Å². The molecule has 2 aliphatic heterocycles. The lowest BCUT2D eigenvalue weighted by atomic mass is 9.97. The second-order valence-electron chi connectivity index (χ2n) is 4.78. The molecule has 3 atom stereocenters. The first-order valence-corrected chi connectivity index (χ1v) is 6.88. The van der Waals surface area contributed by atoms with Crippen molar-refractivity contribution in [2.45, 2.75) is 43.1 Å². The minimum atomic E-state index is -0.0456. The van der Waals surface area contributed by atoms with Gasteiger partial charge in [0.25, 0.3) is 0 Å². The monoisotopic (exact) mass is 231 g/mol. The van der Waals surface area contributed by atoms with Crippen LogP contribution in [0.25, 0.3) is 0 Å².